The quantitative estimate of drug-likeness (QED) is 0.439. The number of pyridine rings is 1. The van der Waals surface area contributed by atoms with Gasteiger partial charge in [-0.2, -0.15) is 0 Å². The van der Waals surface area contributed by atoms with E-state index < -0.39 is 0 Å². The van der Waals surface area contributed by atoms with Crippen LogP contribution in [-0.4, -0.2) is 26.3 Å². The molecule has 1 unspecified atom stereocenters. The molecule has 0 amide bonds. The number of benzene rings is 3. The van der Waals surface area contributed by atoms with E-state index in [1.54, 1.807) is 21.3 Å². The van der Waals surface area contributed by atoms with Crippen LogP contribution in [0, 0.1) is 0 Å². The third kappa shape index (κ3) is 3.30. The average molecular weight is 449 g/mol. The van der Waals surface area contributed by atoms with Crippen molar-refractivity contribution >= 4 is 29.0 Å². The Morgan fingerprint density at radius 3 is 2.12 bits per heavy atom. The van der Waals surface area contributed by atoms with Crippen molar-refractivity contribution < 1.29 is 14.2 Å². The molecule has 1 aromatic heterocycles. The van der Waals surface area contributed by atoms with Gasteiger partial charge in [-0.15, -0.1) is 12.4 Å². The molecular formula is C26H25ClN2O3. The molecule has 5 nitrogen and oxygen atoms in total. The zero-order chi connectivity index (χ0) is 21.5. The van der Waals surface area contributed by atoms with E-state index in [1.807, 2.05) is 24.3 Å². The highest BCUT2D eigenvalue weighted by molar-refractivity contribution is 5.98. The smallest absolute Gasteiger partial charge is 0.203 e. The van der Waals surface area contributed by atoms with Crippen LogP contribution < -0.4 is 19.9 Å². The SMILES string of the molecule is COc1cc(C2Cc3ccccc3-c3nc(N)c4ccccc4c32)cc(OC)c1OC.Cl. The molecule has 0 spiro atoms. The molecule has 0 saturated carbocycles. The van der Waals surface area contributed by atoms with Crippen molar-refractivity contribution in [3.63, 3.8) is 0 Å². The van der Waals surface area contributed by atoms with Gasteiger partial charge in [0.25, 0.3) is 0 Å². The summed E-state index contributed by atoms with van der Waals surface area (Å²) in [6.07, 6.45) is 0.845. The number of nitrogens with two attached hydrogens (primary N) is 1. The summed E-state index contributed by atoms with van der Waals surface area (Å²) in [4.78, 5) is 4.87. The minimum absolute atomic E-state index is 0. The Labute approximate surface area is 193 Å². The summed E-state index contributed by atoms with van der Waals surface area (Å²) in [7, 11) is 4.90. The number of nitrogen functional groups attached to an aromatic ring is 1. The van der Waals surface area contributed by atoms with Crippen molar-refractivity contribution in [2.45, 2.75) is 12.3 Å². The largest absolute Gasteiger partial charge is 0.493 e. The predicted molar refractivity (Wildman–Crippen MR) is 130 cm³/mol. The summed E-state index contributed by atoms with van der Waals surface area (Å²) >= 11 is 0. The van der Waals surface area contributed by atoms with Gasteiger partial charge in [0.1, 0.15) is 5.82 Å². The first-order valence-electron chi connectivity index (χ1n) is 10.2. The van der Waals surface area contributed by atoms with Crippen LogP contribution in [0.1, 0.15) is 22.6 Å². The lowest BCUT2D eigenvalue weighted by molar-refractivity contribution is 0.323. The Kier molecular flexibility index (Phi) is 5.85. The number of aromatic nitrogens is 1. The molecule has 0 radical (unpaired) electrons. The summed E-state index contributed by atoms with van der Waals surface area (Å²) in [6, 6.07) is 20.7. The average Bonchev–Trinajstić information content (AvgIpc) is 2.82. The van der Waals surface area contributed by atoms with Crippen molar-refractivity contribution in [3.05, 3.63) is 77.4 Å². The topological polar surface area (TPSA) is 66.6 Å². The van der Waals surface area contributed by atoms with E-state index in [-0.39, 0.29) is 18.3 Å². The third-order valence-electron chi connectivity index (χ3n) is 6.11. The molecule has 3 aromatic carbocycles. The zero-order valence-electron chi connectivity index (χ0n) is 18.2. The van der Waals surface area contributed by atoms with E-state index in [9.17, 15) is 0 Å². The summed E-state index contributed by atoms with van der Waals surface area (Å²) in [5.74, 6) is 2.49. The molecular weight excluding hydrogens is 424 g/mol. The highest BCUT2D eigenvalue weighted by atomic mass is 35.5. The minimum atomic E-state index is 0. The standard InChI is InChI=1S/C26H24N2O3.ClH/c1-29-21-13-16(14-22(30-2)25(21)31-3)20-12-15-8-4-5-9-17(15)24-23(20)18-10-6-7-11-19(18)26(27)28-24;/h4-11,13-14,20H,12H2,1-3H3,(H2,27,28);1H. The first kappa shape index (κ1) is 21.8. The van der Waals surface area contributed by atoms with Crippen LogP contribution in [0.5, 0.6) is 17.2 Å². The summed E-state index contributed by atoms with van der Waals surface area (Å²) in [6.45, 7) is 0. The van der Waals surface area contributed by atoms with Crippen LogP contribution in [0.15, 0.2) is 60.7 Å². The lowest BCUT2D eigenvalue weighted by Crippen LogP contribution is -2.16. The van der Waals surface area contributed by atoms with Crippen LogP contribution in [0.2, 0.25) is 0 Å². The van der Waals surface area contributed by atoms with E-state index in [1.165, 1.54) is 11.1 Å². The van der Waals surface area contributed by atoms with Crippen LogP contribution in [0.4, 0.5) is 5.82 Å². The molecule has 2 N–H and O–H groups in total. The lowest BCUT2D eigenvalue weighted by Gasteiger charge is -2.30. The number of hydrogen-bond donors (Lipinski definition) is 1. The van der Waals surface area contributed by atoms with E-state index in [4.69, 9.17) is 24.9 Å². The van der Waals surface area contributed by atoms with Gasteiger partial charge in [-0.3, -0.25) is 0 Å². The van der Waals surface area contributed by atoms with E-state index in [2.05, 4.69) is 36.4 Å². The fraction of sp³-hybridized carbons (Fsp3) is 0.192. The van der Waals surface area contributed by atoms with E-state index in [0.29, 0.717) is 23.1 Å². The Hall–Kier alpha value is -3.44. The molecule has 1 aliphatic carbocycles. The maximum absolute atomic E-state index is 6.38. The molecule has 6 heteroatoms. The highest BCUT2D eigenvalue weighted by Crippen LogP contribution is 2.48. The first-order valence-corrected chi connectivity index (χ1v) is 10.2. The van der Waals surface area contributed by atoms with Gasteiger partial charge >= 0.3 is 0 Å². The first-order chi connectivity index (χ1) is 15.2. The van der Waals surface area contributed by atoms with Crippen molar-refractivity contribution in [1.82, 2.24) is 4.98 Å². The van der Waals surface area contributed by atoms with Crippen molar-refractivity contribution in [1.29, 1.82) is 0 Å². The number of halogens is 1. The van der Waals surface area contributed by atoms with Gasteiger partial charge in [0.05, 0.1) is 27.0 Å². The van der Waals surface area contributed by atoms with Gasteiger partial charge in [0.2, 0.25) is 5.75 Å². The molecule has 164 valence electrons. The third-order valence-corrected chi connectivity index (χ3v) is 6.11. The lowest BCUT2D eigenvalue weighted by atomic mass is 9.76. The normalized spacial score (nSPS) is 14.2. The number of rotatable bonds is 4. The van der Waals surface area contributed by atoms with Crippen molar-refractivity contribution in [2.75, 3.05) is 27.1 Å². The second-order valence-electron chi connectivity index (χ2n) is 7.68. The van der Waals surface area contributed by atoms with E-state index >= 15 is 0 Å². The molecule has 1 aliphatic rings. The second kappa shape index (κ2) is 8.60. The number of ether oxygens (including phenoxy) is 3. The second-order valence-corrected chi connectivity index (χ2v) is 7.68. The van der Waals surface area contributed by atoms with Crippen LogP contribution in [0.3, 0.4) is 0 Å². The van der Waals surface area contributed by atoms with Crippen LogP contribution in [-0.2, 0) is 6.42 Å². The fourth-order valence-electron chi connectivity index (χ4n) is 4.71. The van der Waals surface area contributed by atoms with Gasteiger partial charge < -0.3 is 19.9 Å². The van der Waals surface area contributed by atoms with Crippen molar-refractivity contribution in [3.8, 4) is 28.5 Å². The maximum Gasteiger partial charge on any atom is 0.203 e. The monoisotopic (exact) mass is 448 g/mol. The van der Waals surface area contributed by atoms with Gasteiger partial charge in [-0.1, -0.05) is 48.5 Å². The minimum Gasteiger partial charge on any atom is -0.493 e. The van der Waals surface area contributed by atoms with Gasteiger partial charge in [-0.05, 0) is 40.6 Å². The van der Waals surface area contributed by atoms with Gasteiger partial charge in [0.15, 0.2) is 11.5 Å². The molecule has 5 rings (SSSR count). The molecule has 1 heterocycles. The van der Waals surface area contributed by atoms with Gasteiger partial charge in [-0.25, -0.2) is 4.98 Å². The predicted octanol–water partition coefficient (Wildman–Crippen LogP) is 5.62. The number of nitrogens with zero attached hydrogens (tertiary/aromatic N) is 1. The number of fused-ring (bicyclic) bond motifs is 5. The molecule has 0 saturated heterocycles. The maximum atomic E-state index is 6.38. The van der Waals surface area contributed by atoms with E-state index in [0.717, 1.165) is 34.0 Å². The number of methoxy groups -OCH3 is 3. The summed E-state index contributed by atoms with van der Waals surface area (Å²) < 4.78 is 16.8. The Morgan fingerprint density at radius 1 is 0.844 bits per heavy atom. The zero-order valence-corrected chi connectivity index (χ0v) is 19.0. The highest BCUT2D eigenvalue weighted by Gasteiger charge is 2.31. The molecule has 0 fully saturated rings. The Balaban J connectivity index is 0.00000245. The van der Waals surface area contributed by atoms with Crippen molar-refractivity contribution in [2.24, 2.45) is 0 Å². The Bertz CT molecular complexity index is 1280. The molecule has 4 aromatic rings. The van der Waals surface area contributed by atoms with Crippen LogP contribution >= 0.6 is 12.4 Å². The number of anilines is 1. The van der Waals surface area contributed by atoms with Gasteiger partial charge in [0, 0.05) is 16.9 Å². The summed E-state index contributed by atoms with van der Waals surface area (Å²) in [5.41, 5.74) is 12.0. The molecule has 32 heavy (non-hydrogen) atoms. The Morgan fingerprint density at radius 2 is 1.47 bits per heavy atom. The number of hydrogen-bond acceptors (Lipinski definition) is 5. The molecule has 0 aliphatic heterocycles. The molecule has 1 atom stereocenters. The fourth-order valence-corrected chi connectivity index (χ4v) is 4.71. The van der Waals surface area contributed by atoms with Crippen LogP contribution in [0.25, 0.3) is 22.0 Å². The molecule has 0 bridgehead atoms. The summed E-state index contributed by atoms with van der Waals surface area (Å²) in [5, 5.41) is 2.09.